The fourth-order valence-corrected chi connectivity index (χ4v) is 9.51. The molecule has 0 N–H and O–H groups in total. The molecular formula is C36H48O9S. The van der Waals surface area contributed by atoms with E-state index in [1.807, 2.05) is 48.5 Å². The van der Waals surface area contributed by atoms with E-state index in [-0.39, 0.29) is 36.9 Å². The first kappa shape index (κ1) is 33.2. The first-order valence-corrected chi connectivity index (χ1v) is 17.1. The quantitative estimate of drug-likeness (QED) is 0.137. The largest absolute Gasteiger partial charge is 0.455 e. The molecule has 46 heavy (non-hydrogen) atoms. The van der Waals surface area contributed by atoms with Gasteiger partial charge < -0.3 is 23.1 Å². The molecule has 1 saturated heterocycles. The standard InChI is InChI=1S/C36H48O9S/c1-10-14-26(38)44-35-19-41-25(35)17-21(3)34(8)29(35)31(43-32(40)24-15-12-11-13-16-24)36(45-46-9)18-20(2)22(4)27(33(36,6)7)28(30(34)39)42-23(5)37/h11-13,15-16,20-21,25,28-29,31H,10,14,17-19H2,1-9H3/t20-,21-,25+,28+,29?,31-,34+,35-,36+/m0/s1/i9D. The highest BCUT2D eigenvalue weighted by Gasteiger charge is 2.78. The average molecular weight is 658 g/mol. The number of rotatable bonds is 8. The number of carbonyl (C=O) groups excluding carboxylic acids is 4. The van der Waals surface area contributed by atoms with Gasteiger partial charge in [-0.2, -0.15) is 0 Å². The van der Waals surface area contributed by atoms with Crippen LogP contribution in [0.25, 0.3) is 0 Å². The van der Waals surface area contributed by atoms with Crippen LogP contribution in [0.3, 0.4) is 0 Å². The topological polar surface area (TPSA) is 114 Å². The zero-order chi connectivity index (χ0) is 34.5. The zero-order valence-electron chi connectivity index (χ0n) is 29.2. The van der Waals surface area contributed by atoms with Gasteiger partial charge in [0.2, 0.25) is 0 Å². The van der Waals surface area contributed by atoms with E-state index < -0.39 is 64.2 Å². The lowest BCUT2D eigenvalue weighted by atomic mass is 9.43. The smallest absolute Gasteiger partial charge is 0.338 e. The molecule has 0 spiro atoms. The molecule has 252 valence electrons. The van der Waals surface area contributed by atoms with Crippen LogP contribution < -0.4 is 0 Å². The van der Waals surface area contributed by atoms with Gasteiger partial charge in [-0.25, -0.2) is 4.79 Å². The van der Waals surface area contributed by atoms with Gasteiger partial charge in [-0.3, -0.25) is 14.4 Å². The van der Waals surface area contributed by atoms with Crippen molar-refractivity contribution in [3.63, 3.8) is 0 Å². The predicted molar refractivity (Wildman–Crippen MR) is 173 cm³/mol. The summed E-state index contributed by atoms with van der Waals surface area (Å²) in [5, 5.41) is 0. The van der Waals surface area contributed by atoms with Crippen LogP contribution in [-0.4, -0.2) is 66.0 Å². The molecule has 9 atom stereocenters. The maximum Gasteiger partial charge on any atom is 0.338 e. The van der Waals surface area contributed by atoms with Gasteiger partial charge in [0.05, 0.1) is 18.1 Å². The van der Waals surface area contributed by atoms with Crippen molar-refractivity contribution in [1.29, 1.82) is 0 Å². The van der Waals surface area contributed by atoms with Crippen LogP contribution in [0.15, 0.2) is 41.5 Å². The summed E-state index contributed by atoms with van der Waals surface area (Å²) in [5.74, 6) is -3.47. The Labute approximate surface area is 278 Å². The highest BCUT2D eigenvalue weighted by molar-refractivity contribution is 7.93. The van der Waals surface area contributed by atoms with E-state index in [2.05, 4.69) is 0 Å². The van der Waals surface area contributed by atoms with Gasteiger partial charge in [-0.05, 0) is 67.8 Å². The van der Waals surface area contributed by atoms with Gasteiger partial charge in [-0.15, -0.1) is 0 Å². The molecule has 3 fully saturated rings. The molecule has 0 aromatic heterocycles. The Hall–Kier alpha value is -2.69. The Morgan fingerprint density at radius 3 is 2.39 bits per heavy atom. The zero-order valence-corrected chi connectivity index (χ0v) is 29.0. The molecular weight excluding hydrogens is 608 g/mol. The summed E-state index contributed by atoms with van der Waals surface area (Å²) in [7, 11) is 0. The highest BCUT2D eigenvalue weighted by Crippen LogP contribution is 2.67. The normalized spacial score (nSPS) is 38.2. The van der Waals surface area contributed by atoms with Crippen LogP contribution in [-0.2, 0) is 37.5 Å². The van der Waals surface area contributed by atoms with Crippen molar-refractivity contribution in [3.05, 3.63) is 47.0 Å². The van der Waals surface area contributed by atoms with E-state index >= 15 is 4.79 Å². The molecule has 9 nitrogen and oxygen atoms in total. The van der Waals surface area contributed by atoms with E-state index in [0.29, 0.717) is 30.4 Å². The van der Waals surface area contributed by atoms with Crippen LogP contribution >= 0.6 is 12.0 Å². The van der Waals surface area contributed by atoms with Crippen molar-refractivity contribution >= 4 is 35.7 Å². The molecule has 2 saturated carbocycles. The van der Waals surface area contributed by atoms with Gasteiger partial charge >= 0.3 is 17.9 Å². The van der Waals surface area contributed by atoms with E-state index in [1.54, 1.807) is 30.3 Å². The molecule has 2 bridgehead atoms. The molecule has 1 aromatic carbocycles. The molecule has 4 aliphatic rings. The molecule has 0 amide bonds. The Kier molecular flexibility index (Phi) is 8.95. The number of allylic oxidation sites excluding steroid dienone is 1. The van der Waals surface area contributed by atoms with Crippen molar-refractivity contribution in [2.24, 2.45) is 28.6 Å². The van der Waals surface area contributed by atoms with E-state index in [1.165, 1.54) is 6.92 Å². The van der Waals surface area contributed by atoms with Gasteiger partial charge in [0.25, 0.3) is 0 Å². The number of benzene rings is 1. The van der Waals surface area contributed by atoms with Crippen molar-refractivity contribution in [3.8, 4) is 0 Å². The Morgan fingerprint density at radius 2 is 1.80 bits per heavy atom. The minimum atomic E-state index is -1.36. The third kappa shape index (κ3) is 5.05. The lowest BCUT2D eigenvalue weighted by Crippen LogP contribution is -2.80. The molecule has 3 aliphatic carbocycles. The SMILES string of the molecule is [2H]CSO[C@]12C[C@H](C)C(C)=C([C@@H](OC(C)=O)C(=O)[C@@]3(C)C([C@@H]1OC(=O)c1ccccc1)[C@]1(OC(=O)CCC)CO[C@@H]1C[C@@H]3C)C2(C)C. The summed E-state index contributed by atoms with van der Waals surface area (Å²) in [4.78, 5) is 55.8. The highest BCUT2D eigenvalue weighted by atomic mass is 32.2. The average Bonchev–Trinajstić information content (AvgIpc) is 3.01. The number of Topliss-reactive ketones (excluding diaryl/α,β-unsaturated/α-hetero) is 1. The lowest BCUT2D eigenvalue weighted by molar-refractivity contribution is -0.338. The van der Waals surface area contributed by atoms with Crippen LogP contribution in [0, 0.1) is 28.6 Å². The van der Waals surface area contributed by atoms with Crippen LogP contribution in [0.1, 0.15) is 92.8 Å². The molecule has 5 rings (SSSR count). The Bertz CT molecular complexity index is 1440. The fourth-order valence-electron chi connectivity index (χ4n) is 8.92. The fraction of sp³-hybridized carbons (Fsp3) is 0.667. The summed E-state index contributed by atoms with van der Waals surface area (Å²) in [6.45, 7) is 14.8. The molecule has 1 aliphatic heterocycles. The van der Waals surface area contributed by atoms with Gasteiger partial charge in [0.1, 0.15) is 17.8 Å². The molecule has 1 aromatic rings. The first-order valence-electron chi connectivity index (χ1n) is 16.9. The van der Waals surface area contributed by atoms with Gasteiger partial charge in [0, 0.05) is 31.8 Å². The van der Waals surface area contributed by atoms with E-state index in [4.69, 9.17) is 24.5 Å². The maximum absolute atomic E-state index is 15.4. The molecule has 0 radical (unpaired) electrons. The molecule has 1 heterocycles. The number of hydrogen-bond donors (Lipinski definition) is 0. The monoisotopic (exact) mass is 657 g/mol. The van der Waals surface area contributed by atoms with Crippen molar-refractivity contribution in [1.82, 2.24) is 0 Å². The lowest BCUT2D eigenvalue weighted by Gasteiger charge is -2.68. The van der Waals surface area contributed by atoms with Gasteiger partial charge in [0.15, 0.2) is 17.5 Å². The third-order valence-electron chi connectivity index (χ3n) is 11.6. The van der Waals surface area contributed by atoms with E-state index in [9.17, 15) is 14.4 Å². The Morgan fingerprint density at radius 1 is 1.11 bits per heavy atom. The Balaban J connectivity index is 1.88. The minimum absolute atomic E-state index is 0.00434. The summed E-state index contributed by atoms with van der Waals surface area (Å²) in [6, 6.07) is 8.63. The predicted octanol–water partition coefficient (Wildman–Crippen LogP) is 6.29. The number of ether oxygens (including phenoxy) is 4. The second-order valence-electron chi connectivity index (χ2n) is 14.3. The number of ketones is 1. The van der Waals surface area contributed by atoms with Crippen molar-refractivity contribution < 1.29 is 43.7 Å². The summed E-state index contributed by atoms with van der Waals surface area (Å²) in [5.41, 5.74) is -3.27. The number of esters is 3. The second-order valence-corrected chi connectivity index (χ2v) is 14.7. The third-order valence-corrected chi connectivity index (χ3v) is 12.0. The maximum atomic E-state index is 15.4. The molecule has 10 heteroatoms. The first-order chi connectivity index (χ1) is 22.1. The van der Waals surface area contributed by atoms with Crippen LogP contribution in [0.2, 0.25) is 0 Å². The van der Waals surface area contributed by atoms with E-state index in [0.717, 1.165) is 17.6 Å². The van der Waals surface area contributed by atoms with Crippen molar-refractivity contribution in [2.75, 3.05) is 12.8 Å². The summed E-state index contributed by atoms with van der Waals surface area (Å²) in [6.07, 6.45) is -1.62. The number of fused-ring (bicyclic) bond motifs is 5. The number of carbonyl (C=O) groups is 4. The summed E-state index contributed by atoms with van der Waals surface area (Å²) >= 11 is 0.939. The second kappa shape index (κ2) is 12.4. The minimum Gasteiger partial charge on any atom is -0.455 e. The molecule has 1 unspecified atom stereocenters. The summed E-state index contributed by atoms with van der Waals surface area (Å²) < 4.78 is 40.2. The van der Waals surface area contributed by atoms with Crippen molar-refractivity contribution in [2.45, 2.75) is 111 Å². The van der Waals surface area contributed by atoms with Crippen LogP contribution in [0.4, 0.5) is 0 Å². The number of hydrogen-bond acceptors (Lipinski definition) is 10. The van der Waals surface area contributed by atoms with Gasteiger partial charge in [-0.1, -0.05) is 65.3 Å². The van der Waals surface area contributed by atoms with Crippen LogP contribution in [0.5, 0.6) is 0 Å².